The van der Waals surface area contributed by atoms with Crippen LogP contribution in [0.15, 0.2) is 30.6 Å². The summed E-state index contributed by atoms with van der Waals surface area (Å²) in [6.45, 7) is 5.98. The fraction of sp³-hybridized carbons (Fsp3) is 0.308. The Kier molecular flexibility index (Phi) is 3.04. The SMILES string of the molecule is Cc1cc(N)cc(-n2cc(OC(C)C)cn2)c1. The predicted octanol–water partition coefficient (Wildman–Crippen LogP) is 2.55. The molecule has 2 aromatic rings. The highest BCUT2D eigenvalue weighted by Gasteiger charge is 2.04. The third-order valence-corrected chi connectivity index (χ3v) is 2.28. The molecule has 0 atom stereocenters. The Morgan fingerprint density at radius 2 is 2.06 bits per heavy atom. The number of nitrogen functional groups attached to an aromatic ring is 1. The van der Waals surface area contributed by atoms with Crippen LogP contribution < -0.4 is 10.5 Å². The molecule has 0 saturated heterocycles. The molecule has 4 nitrogen and oxygen atoms in total. The van der Waals surface area contributed by atoms with Gasteiger partial charge in [0.05, 0.1) is 24.2 Å². The molecular formula is C13H17N3O. The first kappa shape index (κ1) is 11.5. The molecule has 0 bridgehead atoms. The molecule has 0 unspecified atom stereocenters. The highest BCUT2D eigenvalue weighted by molar-refractivity contribution is 5.50. The van der Waals surface area contributed by atoms with Crippen LogP contribution >= 0.6 is 0 Å². The summed E-state index contributed by atoms with van der Waals surface area (Å²) in [6.07, 6.45) is 3.71. The molecule has 0 aliphatic heterocycles. The van der Waals surface area contributed by atoms with E-state index in [4.69, 9.17) is 10.5 Å². The van der Waals surface area contributed by atoms with Gasteiger partial charge in [-0.3, -0.25) is 0 Å². The average molecular weight is 231 g/mol. The van der Waals surface area contributed by atoms with E-state index in [9.17, 15) is 0 Å². The molecule has 2 rings (SSSR count). The van der Waals surface area contributed by atoms with Crippen LogP contribution in [0, 0.1) is 6.92 Å². The van der Waals surface area contributed by atoms with Crippen molar-refractivity contribution in [3.8, 4) is 11.4 Å². The second kappa shape index (κ2) is 4.49. The summed E-state index contributed by atoms with van der Waals surface area (Å²) in [5.41, 5.74) is 8.61. The largest absolute Gasteiger partial charge is 0.488 e. The van der Waals surface area contributed by atoms with E-state index in [0.717, 1.165) is 22.7 Å². The van der Waals surface area contributed by atoms with Crippen molar-refractivity contribution in [3.63, 3.8) is 0 Å². The predicted molar refractivity (Wildman–Crippen MR) is 68.5 cm³/mol. The first-order valence-corrected chi connectivity index (χ1v) is 5.63. The molecule has 1 aromatic heterocycles. The van der Waals surface area contributed by atoms with E-state index in [1.807, 2.05) is 45.2 Å². The van der Waals surface area contributed by atoms with Crippen molar-refractivity contribution in [2.24, 2.45) is 0 Å². The molecule has 0 aliphatic carbocycles. The highest BCUT2D eigenvalue weighted by Crippen LogP contribution is 2.18. The van der Waals surface area contributed by atoms with E-state index in [1.54, 1.807) is 10.9 Å². The van der Waals surface area contributed by atoms with Crippen LogP contribution in [0.4, 0.5) is 5.69 Å². The number of anilines is 1. The summed E-state index contributed by atoms with van der Waals surface area (Å²) in [6, 6.07) is 5.85. The number of aromatic nitrogens is 2. The van der Waals surface area contributed by atoms with Crippen LogP contribution in [0.5, 0.6) is 5.75 Å². The minimum absolute atomic E-state index is 0.148. The third kappa shape index (κ3) is 2.78. The van der Waals surface area contributed by atoms with Gasteiger partial charge in [0.1, 0.15) is 0 Å². The van der Waals surface area contributed by atoms with Crippen molar-refractivity contribution in [2.45, 2.75) is 26.9 Å². The Bertz CT molecular complexity index is 497. The van der Waals surface area contributed by atoms with Crippen molar-refractivity contribution in [3.05, 3.63) is 36.2 Å². The quantitative estimate of drug-likeness (QED) is 0.826. The molecule has 0 saturated carbocycles. The second-order valence-corrected chi connectivity index (χ2v) is 4.39. The van der Waals surface area contributed by atoms with E-state index in [0.29, 0.717) is 0 Å². The molecule has 1 heterocycles. The van der Waals surface area contributed by atoms with Gasteiger partial charge in [0, 0.05) is 5.69 Å². The van der Waals surface area contributed by atoms with Gasteiger partial charge in [-0.25, -0.2) is 4.68 Å². The number of nitrogens with two attached hydrogens (primary N) is 1. The lowest BCUT2D eigenvalue weighted by Gasteiger charge is -2.06. The molecule has 0 radical (unpaired) electrons. The highest BCUT2D eigenvalue weighted by atomic mass is 16.5. The maximum absolute atomic E-state index is 5.81. The van der Waals surface area contributed by atoms with Crippen LogP contribution in [0.2, 0.25) is 0 Å². The molecule has 4 heteroatoms. The smallest absolute Gasteiger partial charge is 0.158 e. The molecule has 0 fully saturated rings. The van der Waals surface area contributed by atoms with Gasteiger partial charge in [0.2, 0.25) is 0 Å². The zero-order chi connectivity index (χ0) is 12.4. The first-order chi connectivity index (χ1) is 8.04. The van der Waals surface area contributed by atoms with E-state index in [-0.39, 0.29) is 6.10 Å². The maximum atomic E-state index is 5.81. The Balaban J connectivity index is 2.30. The first-order valence-electron chi connectivity index (χ1n) is 5.63. The molecule has 0 spiro atoms. The number of rotatable bonds is 3. The fourth-order valence-corrected chi connectivity index (χ4v) is 1.70. The summed E-state index contributed by atoms with van der Waals surface area (Å²) in [4.78, 5) is 0. The van der Waals surface area contributed by atoms with Crippen LogP contribution in [0.1, 0.15) is 19.4 Å². The average Bonchev–Trinajstić information content (AvgIpc) is 2.63. The van der Waals surface area contributed by atoms with Gasteiger partial charge in [0.25, 0.3) is 0 Å². The Labute approximate surface area is 101 Å². The van der Waals surface area contributed by atoms with Crippen LogP contribution in [0.25, 0.3) is 5.69 Å². The van der Waals surface area contributed by atoms with E-state index >= 15 is 0 Å². The van der Waals surface area contributed by atoms with Crippen molar-refractivity contribution in [1.29, 1.82) is 0 Å². The van der Waals surface area contributed by atoms with Gasteiger partial charge in [-0.2, -0.15) is 5.10 Å². The Morgan fingerprint density at radius 1 is 1.29 bits per heavy atom. The summed E-state index contributed by atoms with van der Waals surface area (Å²) in [7, 11) is 0. The van der Waals surface area contributed by atoms with Gasteiger partial charge in [-0.05, 0) is 44.5 Å². The van der Waals surface area contributed by atoms with E-state index in [1.165, 1.54) is 0 Å². The van der Waals surface area contributed by atoms with E-state index in [2.05, 4.69) is 5.10 Å². The zero-order valence-electron chi connectivity index (χ0n) is 10.3. The standard InChI is InChI=1S/C13H17N3O/c1-9(2)17-13-7-15-16(8-13)12-5-10(3)4-11(14)6-12/h4-9H,14H2,1-3H3. The molecule has 17 heavy (non-hydrogen) atoms. The summed E-state index contributed by atoms with van der Waals surface area (Å²) in [5.74, 6) is 0.764. The lowest BCUT2D eigenvalue weighted by molar-refractivity contribution is 0.242. The molecular weight excluding hydrogens is 214 g/mol. The molecule has 2 N–H and O–H groups in total. The normalized spacial score (nSPS) is 10.8. The molecule has 0 aliphatic rings. The van der Waals surface area contributed by atoms with Crippen molar-refractivity contribution in [2.75, 3.05) is 5.73 Å². The number of benzene rings is 1. The third-order valence-electron chi connectivity index (χ3n) is 2.28. The summed E-state index contributed by atoms with van der Waals surface area (Å²) in [5, 5.41) is 4.26. The Morgan fingerprint density at radius 3 is 2.71 bits per heavy atom. The molecule has 1 aromatic carbocycles. The topological polar surface area (TPSA) is 53.1 Å². The second-order valence-electron chi connectivity index (χ2n) is 4.39. The summed E-state index contributed by atoms with van der Waals surface area (Å²) < 4.78 is 7.33. The van der Waals surface area contributed by atoms with Crippen molar-refractivity contribution in [1.82, 2.24) is 9.78 Å². The Hall–Kier alpha value is -1.97. The number of nitrogens with zero attached hydrogens (tertiary/aromatic N) is 2. The van der Waals surface area contributed by atoms with Crippen LogP contribution in [0.3, 0.4) is 0 Å². The zero-order valence-corrected chi connectivity index (χ0v) is 10.3. The number of aryl methyl sites for hydroxylation is 1. The molecule has 90 valence electrons. The molecule has 0 amide bonds. The van der Waals surface area contributed by atoms with Gasteiger partial charge in [-0.15, -0.1) is 0 Å². The van der Waals surface area contributed by atoms with Crippen LogP contribution in [-0.4, -0.2) is 15.9 Å². The minimum Gasteiger partial charge on any atom is -0.488 e. The number of ether oxygens (including phenoxy) is 1. The number of hydrogen-bond acceptors (Lipinski definition) is 3. The van der Waals surface area contributed by atoms with Gasteiger partial charge < -0.3 is 10.5 Å². The van der Waals surface area contributed by atoms with Gasteiger partial charge in [-0.1, -0.05) is 0 Å². The lowest BCUT2D eigenvalue weighted by atomic mass is 10.2. The van der Waals surface area contributed by atoms with Crippen molar-refractivity contribution < 1.29 is 4.74 Å². The van der Waals surface area contributed by atoms with Crippen LogP contribution in [-0.2, 0) is 0 Å². The lowest BCUT2D eigenvalue weighted by Crippen LogP contribution is -2.04. The monoisotopic (exact) mass is 231 g/mol. The fourth-order valence-electron chi connectivity index (χ4n) is 1.70. The van der Waals surface area contributed by atoms with Crippen molar-refractivity contribution >= 4 is 5.69 Å². The maximum Gasteiger partial charge on any atom is 0.158 e. The summed E-state index contributed by atoms with van der Waals surface area (Å²) >= 11 is 0. The van der Waals surface area contributed by atoms with Gasteiger partial charge >= 0.3 is 0 Å². The van der Waals surface area contributed by atoms with Gasteiger partial charge in [0.15, 0.2) is 5.75 Å². The number of hydrogen-bond donors (Lipinski definition) is 1. The van der Waals surface area contributed by atoms with E-state index < -0.39 is 0 Å². The minimum atomic E-state index is 0.148.